The van der Waals surface area contributed by atoms with Crippen molar-refractivity contribution in [3.8, 4) is 0 Å². The van der Waals surface area contributed by atoms with Gasteiger partial charge in [-0.15, -0.1) is 0 Å². The third-order valence-electron chi connectivity index (χ3n) is 2.46. The first kappa shape index (κ1) is 13.6. The molecule has 3 N–H and O–H groups in total. The minimum absolute atomic E-state index is 0.285. The van der Waals surface area contributed by atoms with Crippen LogP contribution in [0.25, 0.3) is 0 Å². The highest BCUT2D eigenvalue weighted by Gasteiger charge is 2.28. The molecule has 0 aromatic carbocycles. The second-order valence-corrected chi connectivity index (χ2v) is 7.03. The van der Waals surface area contributed by atoms with E-state index < -0.39 is 0 Å². The molecule has 0 aliphatic carbocycles. The number of nitrogens with zero attached hydrogens (tertiary/aromatic N) is 2. The van der Waals surface area contributed by atoms with E-state index in [1.165, 1.54) is 0 Å². The number of nitrogens with one attached hydrogen (secondary N) is 1. The van der Waals surface area contributed by atoms with E-state index in [-0.39, 0.29) is 4.75 Å². The van der Waals surface area contributed by atoms with Gasteiger partial charge in [-0.25, -0.2) is 5.84 Å². The van der Waals surface area contributed by atoms with Crippen molar-refractivity contribution in [2.75, 3.05) is 25.4 Å². The number of hydrogen-bond donors (Lipinski definition) is 2. The van der Waals surface area contributed by atoms with Crippen LogP contribution >= 0.6 is 11.8 Å². The molecule has 0 spiro atoms. The Labute approximate surface area is 103 Å². The van der Waals surface area contributed by atoms with Crippen LogP contribution in [-0.4, -0.2) is 41.0 Å². The van der Waals surface area contributed by atoms with Gasteiger partial charge >= 0.3 is 0 Å². The molecule has 1 rings (SSSR count). The first-order valence-electron chi connectivity index (χ1n) is 5.84. The Morgan fingerprint density at radius 3 is 2.75 bits per heavy atom. The lowest BCUT2D eigenvalue weighted by atomic mass is 10.2. The summed E-state index contributed by atoms with van der Waals surface area (Å²) < 4.78 is 0.285. The molecule has 16 heavy (non-hydrogen) atoms. The van der Waals surface area contributed by atoms with Gasteiger partial charge in [0.1, 0.15) is 0 Å². The molecule has 5 heteroatoms. The average molecular weight is 244 g/mol. The summed E-state index contributed by atoms with van der Waals surface area (Å²) in [5, 5.41) is 0. The fourth-order valence-electron chi connectivity index (χ4n) is 1.70. The molecule has 0 atom stereocenters. The smallest absolute Gasteiger partial charge is 0.208 e. The van der Waals surface area contributed by atoms with Gasteiger partial charge in [-0.2, -0.15) is 11.8 Å². The van der Waals surface area contributed by atoms with Gasteiger partial charge in [0.15, 0.2) is 0 Å². The Hall–Kier alpha value is -0.420. The van der Waals surface area contributed by atoms with E-state index in [1.54, 1.807) is 0 Å². The van der Waals surface area contributed by atoms with E-state index in [0.717, 1.165) is 31.3 Å². The Kier molecular flexibility index (Phi) is 4.92. The van der Waals surface area contributed by atoms with Crippen molar-refractivity contribution in [1.29, 1.82) is 0 Å². The largest absolute Gasteiger partial charge is 0.340 e. The maximum atomic E-state index is 5.55. The molecule has 0 amide bonds. The minimum Gasteiger partial charge on any atom is -0.340 e. The van der Waals surface area contributed by atoms with E-state index in [1.807, 2.05) is 11.8 Å². The highest BCUT2D eigenvalue weighted by Crippen LogP contribution is 2.29. The molecular formula is C11H24N4S. The maximum Gasteiger partial charge on any atom is 0.208 e. The van der Waals surface area contributed by atoms with Crippen LogP contribution in [0.3, 0.4) is 0 Å². The molecule has 1 saturated heterocycles. The summed E-state index contributed by atoms with van der Waals surface area (Å²) in [5.41, 5.74) is 2.73. The van der Waals surface area contributed by atoms with Crippen LogP contribution in [0.4, 0.5) is 0 Å². The fourth-order valence-corrected chi connectivity index (χ4v) is 2.81. The highest BCUT2D eigenvalue weighted by molar-refractivity contribution is 8.00. The van der Waals surface area contributed by atoms with E-state index in [4.69, 9.17) is 5.84 Å². The minimum atomic E-state index is 0.285. The molecule has 4 nitrogen and oxygen atoms in total. The summed E-state index contributed by atoms with van der Waals surface area (Å²) in [6, 6.07) is 0. The normalized spacial score (nSPS) is 21.4. The van der Waals surface area contributed by atoms with Crippen LogP contribution in [-0.2, 0) is 0 Å². The second kappa shape index (κ2) is 5.77. The van der Waals surface area contributed by atoms with Gasteiger partial charge in [-0.1, -0.05) is 13.8 Å². The lowest BCUT2D eigenvalue weighted by Crippen LogP contribution is -2.52. The van der Waals surface area contributed by atoms with Gasteiger partial charge in [-0.3, -0.25) is 10.4 Å². The van der Waals surface area contributed by atoms with Crippen molar-refractivity contribution < 1.29 is 0 Å². The first-order chi connectivity index (χ1) is 7.44. The third-order valence-corrected chi connectivity index (χ3v) is 3.76. The van der Waals surface area contributed by atoms with Gasteiger partial charge in [0, 0.05) is 30.1 Å². The Bertz CT molecular complexity index is 250. The van der Waals surface area contributed by atoms with Crippen LogP contribution in [0.1, 0.15) is 27.7 Å². The SMILES string of the molecule is CC(C)CN=C(NN)N1CCSC(C)(C)C1. The number of nitrogens with two attached hydrogens (primary N) is 1. The molecule has 1 heterocycles. The quantitative estimate of drug-likeness (QED) is 0.333. The van der Waals surface area contributed by atoms with Gasteiger partial charge in [-0.05, 0) is 19.8 Å². The summed E-state index contributed by atoms with van der Waals surface area (Å²) in [4.78, 5) is 6.78. The summed E-state index contributed by atoms with van der Waals surface area (Å²) in [7, 11) is 0. The van der Waals surface area contributed by atoms with E-state index in [9.17, 15) is 0 Å². The van der Waals surface area contributed by atoms with Crippen molar-refractivity contribution in [3.05, 3.63) is 0 Å². The monoisotopic (exact) mass is 244 g/mol. The zero-order chi connectivity index (χ0) is 12.2. The van der Waals surface area contributed by atoms with Crippen LogP contribution < -0.4 is 11.3 Å². The van der Waals surface area contributed by atoms with E-state index >= 15 is 0 Å². The Morgan fingerprint density at radius 1 is 1.56 bits per heavy atom. The number of aliphatic imine (C=N–C) groups is 1. The van der Waals surface area contributed by atoms with Gasteiger partial charge in [0.25, 0.3) is 0 Å². The van der Waals surface area contributed by atoms with Crippen molar-refractivity contribution in [2.45, 2.75) is 32.4 Å². The van der Waals surface area contributed by atoms with Gasteiger partial charge in [0.05, 0.1) is 0 Å². The lowest BCUT2D eigenvalue weighted by molar-refractivity contribution is 0.375. The third kappa shape index (κ3) is 4.22. The fraction of sp³-hybridized carbons (Fsp3) is 0.909. The summed E-state index contributed by atoms with van der Waals surface area (Å²) >= 11 is 2.01. The molecule has 94 valence electrons. The molecule has 0 aromatic rings. The average Bonchev–Trinajstić information content (AvgIpc) is 2.16. The standard InChI is InChI=1S/C11H24N4S/c1-9(2)7-13-10(14-12)15-5-6-16-11(3,4)8-15/h9H,5-8,12H2,1-4H3,(H,13,14). The predicted molar refractivity (Wildman–Crippen MR) is 72.6 cm³/mol. The van der Waals surface area contributed by atoms with Crippen molar-refractivity contribution >= 4 is 17.7 Å². The summed E-state index contributed by atoms with van der Waals surface area (Å²) in [6.07, 6.45) is 0. The molecule has 0 aromatic heterocycles. The van der Waals surface area contributed by atoms with Gasteiger partial charge < -0.3 is 4.90 Å². The first-order valence-corrected chi connectivity index (χ1v) is 6.83. The van der Waals surface area contributed by atoms with Crippen LogP contribution in [0.5, 0.6) is 0 Å². The highest BCUT2D eigenvalue weighted by atomic mass is 32.2. The van der Waals surface area contributed by atoms with E-state index in [0.29, 0.717) is 5.92 Å². The zero-order valence-electron chi connectivity index (χ0n) is 10.8. The molecule has 0 bridgehead atoms. The number of guanidine groups is 1. The summed E-state index contributed by atoms with van der Waals surface area (Å²) in [5.74, 6) is 8.08. The molecule has 0 saturated carbocycles. The van der Waals surface area contributed by atoms with E-state index in [2.05, 4.69) is 43.0 Å². The number of hydrogen-bond acceptors (Lipinski definition) is 3. The molecule has 1 fully saturated rings. The molecule has 0 unspecified atom stereocenters. The molecular weight excluding hydrogens is 220 g/mol. The van der Waals surface area contributed by atoms with Crippen LogP contribution in [0.2, 0.25) is 0 Å². The molecule has 1 aliphatic heterocycles. The van der Waals surface area contributed by atoms with Crippen molar-refractivity contribution in [3.63, 3.8) is 0 Å². The number of hydrazine groups is 1. The number of rotatable bonds is 2. The maximum absolute atomic E-state index is 5.55. The Balaban J connectivity index is 2.62. The van der Waals surface area contributed by atoms with Gasteiger partial charge in [0.2, 0.25) is 5.96 Å². The number of thioether (sulfide) groups is 1. The zero-order valence-corrected chi connectivity index (χ0v) is 11.6. The Morgan fingerprint density at radius 2 is 2.25 bits per heavy atom. The summed E-state index contributed by atoms with van der Waals surface area (Å²) in [6.45, 7) is 11.7. The second-order valence-electron chi connectivity index (χ2n) is 5.23. The van der Waals surface area contributed by atoms with Crippen molar-refractivity contribution in [1.82, 2.24) is 10.3 Å². The predicted octanol–water partition coefficient (Wildman–Crippen LogP) is 1.29. The van der Waals surface area contributed by atoms with Crippen LogP contribution in [0, 0.1) is 5.92 Å². The van der Waals surface area contributed by atoms with Crippen molar-refractivity contribution in [2.24, 2.45) is 16.8 Å². The lowest BCUT2D eigenvalue weighted by Gasteiger charge is -2.38. The van der Waals surface area contributed by atoms with Crippen LogP contribution in [0.15, 0.2) is 4.99 Å². The molecule has 0 radical (unpaired) electrons. The topological polar surface area (TPSA) is 53.6 Å². The molecule has 1 aliphatic rings.